The Morgan fingerprint density at radius 3 is 1.84 bits per heavy atom. The lowest BCUT2D eigenvalue weighted by molar-refractivity contribution is -0.166. The van der Waals surface area contributed by atoms with Crippen LogP contribution in [0.4, 0.5) is 9.59 Å². The number of carbonyl (C=O) groups excluding carboxylic acids is 4. The molecule has 11 nitrogen and oxygen atoms in total. The molecule has 0 unspecified atom stereocenters. The van der Waals surface area contributed by atoms with Gasteiger partial charge >= 0.3 is 24.2 Å². The zero-order chi connectivity index (χ0) is 28.8. The highest BCUT2D eigenvalue weighted by atomic mass is 16.7. The number of hydrogen-bond donors (Lipinski definition) is 1. The Hall–Kier alpha value is -3.34. The Bertz CT molecular complexity index is 930. The van der Waals surface area contributed by atoms with Crippen LogP contribution < -0.4 is 15.2 Å². The number of nitrogens with two attached hydrogens (primary N) is 1. The minimum absolute atomic E-state index is 0.0189. The average Bonchev–Trinajstić information content (AvgIpc) is 2.82. The van der Waals surface area contributed by atoms with E-state index in [0.717, 1.165) is 0 Å². The van der Waals surface area contributed by atoms with Crippen molar-refractivity contribution in [2.45, 2.75) is 86.0 Å². The van der Waals surface area contributed by atoms with Crippen LogP contribution in [0.5, 0.6) is 11.5 Å². The largest absolute Gasteiger partial charge is 0.513 e. The molecule has 0 amide bonds. The minimum atomic E-state index is -1.07. The van der Waals surface area contributed by atoms with Crippen molar-refractivity contribution in [3.63, 3.8) is 0 Å². The molecule has 0 aliphatic rings. The zero-order valence-electron chi connectivity index (χ0n) is 23.3. The highest BCUT2D eigenvalue weighted by Gasteiger charge is 2.25. The van der Waals surface area contributed by atoms with Gasteiger partial charge in [0.1, 0.15) is 18.2 Å². The van der Waals surface area contributed by atoms with Crippen LogP contribution in [-0.2, 0) is 35.0 Å². The second kappa shape index (κ2) is 16.5. The van der Waals surface area contributed by atoms with Crippen LogP contribution in [0.1, 0.15) is 66.9 Å². The van der Waals surface area contributed by atoms with Crippen molar-refractivity contribution in [3.8, 4) is 11.5 Å². The fourth-order valence-corrected chi connectivity index (χ4v) is 2.82. The van der Waals surface area contributed by atoms with E-state index in [4.69, 9.17) is 34.2 Å². The number of esters is 2. The van der Waals surface area contributed by atoms with E-state index >= 15 is 0 Å². The van der Waals surface area contributed by atoms with E-state index in [1.54, 1.807) is 19.9 Å². The SMILES string of the molecule is CCCC(=O)O[C@@H](C)[C@H](C)OC(=O)[C@@H](N)Cc1ccc(OC(=O)OCC(C)C)c(OC(=O)OCC(C)C)c1. The van der Waals surface area contributed by atoms with E-state index in [-0.39, 0.29) is 55.4 Å². The summed E-state index contributed by atoms with van der Waals surface area (Å²) in [7, 11) is 0. The first kappa shape index (κ1) is 32.7. The van der Waals surface area contributed by atoms with Gasteiger partial charge in [-0.15, -0.1) is 0 Å². The molecule has 0 heterocycles. The molecule has 0 spiro atoms. The second-order valence-corrected chi connectivity index (χ2v) is 9.79. The number of hydrogen-bond acceptors (Lipinski definition) is 11. The summed E-state index contributed by atoms with van der Waals surface area (Å²) in [5.41, 5.74) is 6.54. The molecule has 0 bridgehead atoms. The summed E-state index contributed by atoms with van der Waals surface area (Å²) in [6, 6.07) is 3.29. The fourth-order valence-electron chi connectivity index (χ4n) is 2.82. The Labute approximate surface area is 224 Å². The van der Waals surface area contributed by atoms with Gasteiger partial charge in [-0.2, -0.15) is 0 Å². The Morgan fingerprint density at radius 2 is 1.32 bits per heavy atom. The molecule has 0 radical (unpaired) electrons. The lowest BCUT2D eigenvalue weighted by Gasteiger charge is -2.22. The van der Waals surface area contributed by atoms with Gasteiger partial charge in [0, 0.05) is 6.42 Å². The molecule has 11 heteroatoms. The van der Waals surface area contributed by atoms with Gasteiger partial charge in [0.15, 0.2) is 11.5 Å². The molecule has 0 saturated carbocycles. The molecule has 1 aromatic carbocycles. The van der Waals surface area contributed by atoms with Crippen molar-refractivity contribution in [1.82, 2.24) is 0 Å². The Kier molecular flexibility index (Phi) is 14.2. The number of ether oxygens (including phenoxy) is 6. The molecule has 0 aliphatic carbocycles. The van der Waals surface area contributed by atoms with E-state index in [1.165, 1.54) is 12.1 Å². The first-order chi connectivity index (χ1) is 17.8. The number of carbonyl (C=O) groups is 4. The van der Waals surface area contributed by atoms with Crippen molar-refractivity contribution >= 4 is 24.2 Å². The number of rotatable bonds is 14. The normalized spacial score (nSPS) is 13.3. The van der Waals surface area contributed by atoms with Gasteiger partial charge in [-0.05, 0) is 56.2 Å². The molecule has 0 saturated heterocycles. The molecule has 3 atom stereocenters. The molecule has 0 fully saturated rings. The van der Waals surface area contributed by atoms with E-state index < -0.39 is 36.5 Å². The maximum absolute atomic E-state index is 12.5. The van der Waals surface area contributed by atoms with E-state index in [9.17, 15) is 19.2 Å². The summed E-state index contributed by atoms with van der Waals surface area (Å²) in [6.07, 6.45) is -2.37. The third-order valence-electron chi connectivity index (χ3n) is 4.96. The summed E-state index contributed by atoms with van der Waals surface area (Å²) in [5.74, 6) is -1.07. The lowest BCUT2D eigenvalue weighted by atomic mass is 10.1. The van der Waals surface area contributed by atoms with Gasteiger partial charge in [-0.1, -0.05) is 40.7 Å². The quantitative estimate of drug-likeness (QED) is 0.201. The van der Waals surface area contributed by atoms with E-state index in [1.807, 2.05) is 34.6 Å². The lowest BCUT2D eigenvalue weighted by Crippen LogP contribution is -2.39. The summed E-state index contributed by atoms with van der Waals surface area (Å²) in [5, 5.41) is 0. The second-order valence-electron chi connectivity index (χ2n) is 9.79. The van der Waals surface area contributed by atoms with E-state index in [2.05, 4.69) is 0 Å². The molecule has 2 N–H and O–H groups in total. The van der Waals surface area contributed by atoms with Crippen LogP contribution >= 0.6 is 0 Å². The summed E-state index contributed by atoms with van der Waals surface area (Å²) >= 11 is 0. The van der Waals surface area contributed by atoms with Crippen LogP contribution in [0.2, 0.25) is 0 Å². The van der Waals surface area contributed by atoms with Crippen molar-refractivity contribution < 1.29 is 47.6 Å². The smallest absolute Gasteiger partial charge is 0.459 e. The topological polar surface area (TPSA) is 150 Å². The van der Waals surface area contributed by atoms with Gasteiger partial charge in [0.05, 0.1) is 13.2 Å². The monoisotopic (exact) mass is 539 g/mol. The van der Waals surface area contributed by atoms with Gasteiger partial charge in [0.25, 0.3) is 0 Å². The van der Waals surface area contributed by atoms with Crippen molar-refractivity contribution in [1.29, 1.82) is 0 Å². The van der Waals surface area contributed by atoms with Crippen LogP contribution in [0.3, 0.4) is 0 Å². The van der Waals surface area contributed by atoms with Crippen LogP contribution in [-0.4, -0.2) is 55.7 Å². The van der Waals surface area contributed by atoms with Gasteiger partial charge in [-0.3, -0.25) is 9.59 Å². The Morgan fingerprint density at radius 1 is 0.789 bits per heavy atom. The molecule has 0 aromatic heterocycles. The Balaban J connectivity index is 2.93. The highest BCUT2D eigenvalue weighted by molar-refractivity contribution is 5.76. The molecular weight excluding hydrogens is 498 g/mol. The molecule has 1 rings (SSSR count). The molecule has 1 aromatic rings. The van der Waals surface area contributed by atoms with Gasteiger partial charge in [0.2, 0.25) is 0 Å². The van der Waals surface area contributed by atoms with Gasteiger partial charge < -0.3 is 34.2 Å². The summed E-state index contributed by atoms with van der Waals surface area (Å²) in [6.45, 7) is 12.8. The van der Waals surface area contributed by atoms with E-state index in [0.29, 0.717) is 12.0 Å². The predicted octanol–water partition coefficient (Wildman–Crippen LogP) is 4.56. The standard InChI is InChI=1S/C27H41NO10/c1-8-9-24(29)35-18(6)19(7)36-25(30)21(28)12-20-10-11-22(37-26(31)33-14-16(2)3)23(13-20)38-27(32)34-15-17(4)5/h10-11,13,16-19,21H,8-9,12,14-15,28H2,1-7H3/t18-,19-,21-/m0/s1. The van der Waals surface area contributed by atoms with Crippen LogP contribution in [0.15, 0.2) is 18.2 Å². The first-order valence-corrected chi connectivity index (χ1v) is 12.8. The molecular formula is C27H41NO10. The average molecular weight is 540 g/mol. The van der Waals surface area contributed by atoms with Crippen molar-refractivity contribution in [3.05, 3.63) is 23.8 Å². The molecule has 214 valence electrons. The maximum atomic E-state index is 12.5. The van der Waals surface area contributed by atoms with Crippen molar-refractivity contribution in [2.24, 2.45) is 17.6 Å². The fraction of sp³-hybridized carbons (Fsp3) is 0.630. The maximum Gasteiger partial charge on any atom is 0.513 e. The highest BCUT2D eigenvalue weighted by Crippen LogP contribution is 2.30. The molecule has 38 heavy (non-hydrogen) atoms. The van der Waals surface area contributed by atoms with Crippen LogP contribution in [0, 0.1) is 11.8 Å². The minimum Gasteiger partial charge on any atom is -0.459 e. The number of benzene rings is 1. The summed E-state index contributed by atoms with van der Waals surface area (Å²) < 4.78 is 31.1. The zero-order valence-corrected chi connectivity index (χ0v) is 23.3. The summed E-state index contributed by atoms with van der Waals surface area (Å²) in [4.78, 5) is 48.5. The third kappa shape index (κ3) is 12.8. The molecule has 0 aliphatic heterocycles. The predicted molar refractivity (Wildman–Crippen MR) is 138 cm³/mol. The third-order valence-corrected chi connectivity index (χ3v) is 4.96. The van der Waals surface area contributed by atoms with Gasteiger partial charge in [-0.25, -0.2) is 9.59 Å². The first-order valence-electron chi connectivity index (χ1n) is 12.8. The van der Waals surface area contributed by atoms with Crippen molar-refractivity contribution in [2.75, 3.05) is 13.2 Å². The van der Waals surface area contributed by atoms with Crippen LogP contribution in [0.25, 0.3) is 0 Å².